The zero-order chi connectivity index (χ0) is 21.2. The molecule has 1 rings (SSSR count). The zero-order valence-corrected chi connectivity index (χ0v) is 18.0. The highest BCUT2D eigenvalue weighted by molar-refractivity contribution is 5.77. The number of hydrogen-bond acceptors (Lipinski definition) is 5. The Morgan fingerprint density at radius 3 is 2.29 bits per heavy atom. The lowest BCUT2D eigenvalue weighted by Crippen LogP contribution is -2.46. The van der Waals surface area contributed by atoms with Crippen LogP contribution in [0.5, 0.6) is 17.2 Å². The van der Waals surface area contributed by atoms with Gasteiger partial charge in [-0.05, 0) is 58.9 Å². The van der Waals surface area contributed by atoms with Gasteiger partial charge in [0.05, 0.1) is 19.8 Å². The SMILES string of the molecule is CCOc1cc(CCCC(CC)CC(C)(N)C(=O)O)c(OCC)c(OCC)c1. The van der Waals surface area contributed by atoms with E-state index in [0.29, 0.717) is 32.0 Å². The van der Waals surface area contributed by atoms with Crippen molar-refractivity contribution in [2.24, 2.45) is 11.7 Å². The molecule has 1 aromatic carbocycles. The third-order valence-corrected chi connectivity index (χ3v) is 4.84. The van der Waals surface area contributed by atoms with Crippen LogP contribution in [0.3, 0.4) is 0 Å². The van der Waals surface area contributed by atoms with E-state index >= 15 is 0 Å². The second kappa shape index (κ2) is 11.8. The van der Waals surface area contributed by atoms with E-state index < -0.39 is 11.5 Å². The fourth-order valence-electron chi connectivity index (χ4n) is 3.36. The number of ether oxygens (including phenoxy) is 3. The summed E-state index contributed by atoms with van der Waals surface area (Å²) in [6, 6.07) is 3.89. The van der Waals surface area contributed by atoms with Gasteiger partial charge in [-0.1, -0.05) is 19.8 Å². The Bertz CT molecular complexity index is 615. The number of benzene rings is 1. The highest BCUT2D eigenvalue weighted by Crippen LogP contribution is 2.37. The van der Waals surface area contributed by atoms with E-state index in [4.69, 9.17) is 19.9 Å². The molecule has 0 aliphatic rings. The van der Waals surface area contributed by atoms with Crippen LogP contribution < -0.4 is 19.9 Å². The van der Waals surface area contributed by atoms with Gasteiger partial charge in [-0.15, -0.1) is 0 Å². The summed E-state index contributed by atoms with van der Waals surface area (Å²) in [4.78, 5) is 11.3. The molecule has 3 N–H and O–H groups in total. The van der Waals surface area contributed by atoms with Crippen molar-refractivity contribution in [1.29, 1.82) is 0 Å². The number of carboxylic acid groups (broad SMARTS) is 1. The predicted octanol–water partition coefficient (Wildman–Crippen LogP) is 4.42. The summed E-state index contributed by atoms with van der Waals surface area (Å²) in [5, 5.41) is 9.28. The summed E-state index contributed by atoms with van der Waals surface area (Å²) in [7, 11) is 0. The molecule has 0 amide bonds. The lowest BCUT2D eigenvalue weighted by atomic mass is 9.85. The van der Waals surface area contributed by atoms with Gasteiger partial charge in [0.2, 0.25) is 0 Å². The molecule has 0 aromatic heterocycles. The van der Waals surface area contributed by atoms with Crippen LogP contribution in [-0.2, 0) is 11.2 Å². The highest BCUT2D eigenvalue weighted by atomic mass is 16.5. The molecule has 2 unspecified atom stereocenters. The van der Waals surface area contributed by atoms with Crippen LogP contribution in [-0.4, -0.2) is 36.4 Å². The van der Waals surface area contributed by atoms with E-state index in [1.54, 1.807) is 6.92 Å². The molecule has 0 bridgehead atoms. The summed E-state index contributed by atoms with van der Waals surface area (Å²) >= 11 is 0. The number of hydrogen-bond donors (Lipinski definition) is 2. The van der Waals surface area contributed by atoms with Gasteiger partial charge in [0, 0.05) is 11.6 Å². The van der Waals surface area contributed by atoms with E-state index in [0.717, 1.165) is 42.7 Å². The molecule has 28 heavy (non-hydrogen) atoms. The first kappa shape index (κ1) is 24.1. The Morgan fingerprint density at radius 2 is 1.75 bits per heavy atom. The average Bonchev–Trinajstić information content (AvgIpc) is 2.63. The van der Waals surface area contributed by atoms with Crippen molar-refractivity contribution < 1.29 is 24.1 Å². The van der Waals surface area contributed by atoms with E-state index in [1.165, 1.54) is 0 Å². The molecule has 0 saturated carbocycles. The molecule has 160 valence electrons. The van der Waals surface area contributed by atoms with Crippen LogP contribution >= 0.6 is 0 Å². The molecule has 0 fully saturated rings. The maximum Gasteiger partial charge on any atom is 0.323 e. The summed E-state index contributed by atoms with van der Waals surface area (Å²) in [5.74, 6) is 1.57. The Balaban J connectivity index is 2.91. The Morgan fingerprint density at radius 1 is 1.11 bits per heavy atom. The Labute approximate surface area is 169 Å². The minimum Gasteiger partial charge on any atom is -0.494 e. The molecule has 0 radical (unpaired) electrons. The van der Waals surface area contributed by atoms with E-state index in [-0.39, 0.29) is 5.92 Å². The van der Waals surface area contributed by atoms with Crippen LogP contribution in [0.1, 0.15) is 65.9 Å². The van der Waals surface area contributed by atoms with Gasteiger partial charge in [-0.25, -0.2) is 0 Å². The molecule has 1 aromatic rings. The predicted molar refractivity (Wildman–Crippen MR) is 112 cm³/mol. The fraction of sp³-hybridized carbons (Fsp3) is 0.682. The topological polar surface area (TPSA) is 91.0 Å². The molecular weight excluding hydrogens is 358 g/mol. The molecule has 2 atom stereocenters. The van der Waals surface area contributed by atoms with Gasteiger partial charge >= 0.3 is 5.97 Å². The van der Waals surface area contributed by atoms with Crippen molar-refractivity contribution in [3.05, 3.63) is 17.7 Å². The lowest BCUT2D eigenvalue weighted by molar-refractivity contribution is -0.143. The molecule has 0 aliphatic carbocycles. The van der Waals surface area contributed by atoms with Gasteiger partial charge in [-0.3, -0.25) is 4.79 Å². The van der Waals surface area contributed by atoms with Crippen molar-refractivity contribution >= 4 is 5.97 Å². The van der Waals surface area contributed by atoms with Gasteiger partial charge in [0.1, 0.15) is 11.3 Å². The number of nitrogens with two attached hydrogens (primary N) is 1. The minimum absolute atomic E-state index is 0.267. The quantitative estimate of drug-likeness (QED) is 0.484. The number of rotatable bonds is 14. The normalized spacial score (nSPS) is 14.2. The monoisotopic (exact) mass is 395 g/mol. The summed E-state index contributed by atoms with van der Waals surface area (Å²) < 4.78 is 17.3. The average molecular weight is 396 g/mol. The van der Waals surface area contributed by atoms with Crippen molar-refractivity contribution in [3.8, 4) is 17.2 Å². The van der Waals surface area contributed by atoms with Crippen LogP contribution in [0.15, 0.2) is 12.1 Å². The van der Waals surface area contributed by atoms with E-state index in [9.17, 15) is 9.90 Å². The van der Waals surface area contributed by atoms with Crippen LogP contribution in [0, 0.1) is 5.92 Å². The highest BCUT2D eigenvalue weighted by Gasteiger charge is 2.30. The second-order valence-corrected chi connectivity index (χ2v) is 7.30. The first-order chi connectivity index (χ1) is 13.3. The molecular formula is C22H37NO5. The van der Waals surface area contributed by atoms with Crippen LogP contribution in [0.25, 0.3) is 0 Å². The molecule has 6 nitrogen and oxygen atoms in total. The smallest absolute Gasteiger partial charge is 0.323 e. The second-order valence-electron chi connectivity index (χ2n) is 7.30. The van der Waals surface area contributed by atoms with Gasteiger partial charge in [0.15, 0.2) is 11.5 Å². The largest absolute Gasteiger partial charge is 0.494 e. The number of carbonyl (C=O) groups is 1. The number of aryl methyl sites for hydroxylation is 1. The number of carboxylic acids is 1. The maximum absolute atomic E-state index is 11.3. The molecule has 0 aliphatic heterocycles. The molecule has 0 spiro atoms. The fourth-order valence-corrected chi connectivity index (χ4v) is 3.36. The van der Waals surface area contributed by atoms with E-state index in [2.05, 4.69) is 6.92 Å². The van der Waals surface area contributed by atoms with E-state index in [1.807, 2.05) is 32.9 Å². The summed E-state index contributed by atoms with van der Waals surface area (Å²) in [5.41, 5.74) is 5.81. The first-order valence-electron chi connectivity index (χ1n) is 10.4. The third kappa shape index (κ3) is 7.23. The van der Waals surface area contributed by atoms with Gasteiger partial charge in [0.25, 0.3) is 0 Å². The van der Waals surface area contributed by atoms with Crippen LogP contribution in [0.4, 0.5) is 0 Å². The summed E-state index contributed by atoms with van der Waals surface area (Å²) in [6.45, 7) is 11.2. The first-order valence-corrected chi connectivity index (χ1v) is 10.4. The van der Waals surface area contributed by atoms with Crippen molar-refractivity contribution in [2.75, 3.05) is 19.8 Å². The van der Waals surface area contributed by atoms with Crippen molar-refractivity contribution in [2.45, 2.75) is 72.3 Å². The zero-order valence-electron chi connectivity index (χ0n) is 18.0. The van der Waals surface area contributed by atoms with Gasteiger partial charge < -0.3 is 25.1 Å². The van der Waals surface area contributed by atoms with Crippen LogP contribution in [0.2, 0.25) is 0 Å². The summed E-state index contributed by atoms with van der Waals surface area (Å²) in [6.07, 6.45) is 4.00. The molecule has 0 saturated heterocycles. The standard InChI is InChI=1S/C22H37NO5/c1-6-16(15-22(5,23)21(24)25)11-10-12-17-13-18(26-7-2)14-19(27-8-3)20(17)28-9-4/h13-14,16H,6-12,15,23H2,1-5H3,(H,24,25). The van der Waals surface area contributed by atoms with Crippen molar-refractivity contribution in [3.63, 3.8) is 0 Å². The van der Waals surface area contributed by atoms with Crippen molar-refractivity contribution in [1.82, 2.24) is 0 Å². The lowest BCUT2D eigenvalue weighted by Gasteiger charge is -2.25. The van der Waals surface area contributed by atoms with Gasteiger partial charge in [-0.2, -0.15) is 0 Å². The Kier molecular flexibility index (Phi) is 10.1. The molecule has 6 heteroatoms. The Hall–Kier alpha value is -1.95. The third-order valence-electron chi connectivity index (χ3n) is 4.84. The number of aliphatic carboxylic acids is 1. The minimum atomic E-state index is -1.19. The molecule has 0 heterocycles. The maximum atomic E-state index is 11.3.